The second kappa shape index (κ2) is 9.17. The summed E-state index contributed by atoms with van der Waals surface area (Å²) in [6.45, 7) is 8.65. The number of methoxy groups -OCH3 is 2. The van der Waals surface area contributed by atoms with Crippen molar-refractivity contribution in [2.24, 2.45) is 0 Å². The number of ketones is 1. The Morgan fingerprint density at radius 2 is 1.81 bits per heavy atom. The predicted molar refractivity (Wildman–Crippen MR) is 124 cm³/mol. The molecule has 1 atom stereocenters. The molecule has 1 aliphatic rings. The Kier molecular flexibility index (Phi) is 6.74. The van der Waals surface area contributed by atoms with Gasteiger partial charge in [-0.2, -0.15) is 0 Å². The number of nitrogens with zero attached hydrogens (tertiary/aromatic N) is 1. The van der Waals surface area contributed by atoms with Crippen molar-refractivity contribution in [1.29, 1.82) is 0 Å². The highest BCUT2D eigenvalue weighted by molar-refractivity contribution is 6.46. The smallest absolute Gasteiger partial charge is 0.295 e. The fourth-order valence-corrected chi connectivity index (χ4v) is 3.99. The van der Waals surface area contributed by atoms with Crippen LogP contribution in [0.4, 0.5) is 0 Å². The number of hydrogen-bond acceptors (Lipinski definition) is 5. The molecule has 6 heteroatoms. The number of amides is 1. The Morgan fingerprint density at radius 3 is 2.41 bits per heavy atom. The Balaban J connectivity index is 2.26. The quantitative estimate of drug-likeness (QED) is 0.413. The zero-order valence-electron chi connectivity index (χ0n) is 19.6. The Bertz CT molecular complexity index is 1060. The van der Waals surface area contributed by atoms with Crippen LogP contribution in [0.25, 0.3) is 5.76 Å². The Labute approximate surface area is 189 Å². The highest BCUT2D eigenvalue weighted by atomic mass is 16.5. The number of rotatable bonds is 6. The number of Topliss-reactive ketones (excluding diaryl/α,β-unsaturated/α-hetero) is 1. The minimum Gasteiger partial charge on any atom is -0.507 e. The maximum Gasteiger partial charge on any atom is 0.295 e. The molecule has 6 nitrogen and oxygen atoms in total. The number of aliphatic hydroxyl groups is 1. The fourth-order valence-electron chi connectivity index (χ4n) is 3.99. The van der Waals surface area contributed by atoms with Gasteiger partial charge in [-0.05, 0) is 35.6 Å². The maximum atomic E-state index is 13.2. The van der Waals surface area contributed by atoms with Crippen LogP contribution in [0, 0.1) is 6.92 Å². The van der Waals surface area contributed by atoms with E-state index in [0.29, 0.717) is 11.3 Å². The van der Waals surface area contributed by atoms with E-state index in [9.17, 15) is 14.7 Å². The number of hydrogen-bond donors (Lipinski definition) is 1. The molecular formula is C26H31NO5. The van der Waals surface area contributed by atoms with Crippen LogP contribution in [0.3, 0.4) is 0 Å². The summed E-state index contributed by atoms with van der Waals surface area (Å²) in [7, 11) is 3.05. The first kappa shape index (κ1) is 23.5. The third-order valence-corrected chi connectivity index (χ3v) is 5.75. The Morgan fingerprint density at radius 1 is 1.09 bits per heavy atom. The minimum absolute atomic E-state index is 0.0565. The third kappa shape index (κ3) is 4.41. The van der Waals surface area contributed by atoms with Crippen LogP contribution in [0.5, 0.6) is 5.75 Å². The highest BCUT2D eigenvalue weighted by Crippen LogP contribution is 2.41. The van der Waals surface area contributed by atoms with Crippen molar-refractivity contribution in [2.75, 3.05) is 27.4 Å². The second-order valence-corrected chi connectivity index (χ2v) is 9.06. The summed E-state index contributed by atoms with van der Waals surface area (Å²) in [6.07, 6.45) is 0. The van der Waals surface area contributed by atoms with Crippen molar-refractivity contribution in [3.63, 3.8) is 0 Å². The van der Waals surface area contributed by atoms with Gasteiger partial charge in [-0.15, -0.1) is 0 Å². The number of carbonyl (C=O) groups excluding carboxylic acids is 2. The van der Waals surface area contributed by atoms with Crippen LogP contribution in [-0.2, 0) is 19.7 Å². The van der Waals surface area contributed by atoms with Crippen molar-refractivity contribution < 1.29 is 24.2 Å². The van der Waals surface area contributed by atoms with Crippen molar-refractivity contribution in [3.8, 4) is 5.75 Å². The van der Waals surface area contributed by atoms with E-state index in [1.807, 2.05) is 43.3 Å². The lowest BCUT2D eigenvalue weighted by Crippen LogP contribution is -2.32. The molecule has 0 spiro atoms. The van der Waals surface area contributed by atoms with Gasteiger partial charge in [0, 0.05) is 13.7 Å². The molecule has 1 amide bonds. The molecule has 0 radical (unpaired) electrons. The van der Waals surface area contributed by atoms with E-state index < -0.39 is 17.7 Å². The van der Waals surface area contributed by atoms with Crippen LogP contribution in [0.1, 0.15) is 49.1 Å². The molecule has 1 aliphatic heterocycles. The van der Waals surface area contributed by atoms with Gasteiger partial charge in [0.2, 0.25) is 0 Å². The monoisotopic (exact) mass is 437 g/mol. The first-order valence-electron chi connectivity index (χ1n) is 10.6. The Hall–Kier alpha value is -3.12. The normalized spacial score (nSPS) is 18.3. The summed E-state index contributed by atoms with van der Waals surface area (Å²) in [5, 5.41) is 11.4. The summed E-state index contributed by atoms with van der Waals surface area (Å²) in [5.41, 5.74) is 2.99. The molecule has 1 unspecified atom stereocenters. The van der Waals surface area contributed by atoms with Gasteiger partial charge in [0.1, 0.15) is 11.5 Å². The average Bonchev–Trinajstić information content (AvgIpc) is 3.00. The van der Waals surface area contributed by atoms with Crippen molar-refractivity contribution >= 4 is 17.4 Å². The zero-order chi connectivity index (χ0) is 23.6. The standard InChI is InChI=1S/C26H31NO5/c1-16-8-7-9-17(14-16)22-21(24(29)25(30)27(22)12-13-31-5)23(28)19-15-18(26(2,3)4)10-11-20(19)32-6/h7-11,14-15,22,28H,12-13H2,1-6H3/b23-21+. The summed E-state index contributed by atoms with van der Waals surface area (Å²) in [4.78, 5) is 27.6. The number of ether oxygens (including phenoxy) is 2. The molecule has 2 aromatic carbocycles. The molecule has 0 aliphatic carbocycles. The topological polar surface area (TPSA) is 76.1 Å². The van der Waals surface area contributed by atoms with Crippen LogP contribution in [0.2, 0.25) is 0 Å². The molecule has 0 bridgehead atoms. The van der Waals surface area contributed by atoms with E-state index in [0.717, 1.165) is 16.7 Å². The van der Waals surface area contributed by atoms with Gasteiger partial charge in [0.25, 0.3) is 11.7 Å². The predicted octanol–water partition coefficient (Wildman–Crippen LogP) is 4.37. The van der Waals surface area contributed by atoms with E-state index >= 15 is 0 Å². The first-order valence-corrected chi connectivity index (χ1v) is 10.6. The minimum atomic E-state index is -0.715. The first-order chi connectivity index (χ1) is 15.1. The molecule has 1 fully saturated rings. The van der Waals surface area contributed by atoms with E-state index in [1.54, 1.807) is 13.2 Å². The molecule has 0 saturated carbocycles. The maximum absolute atomic E-state index is 13.2. The van der Waals surface area contributed by atoms with E-state index in [4.69, 9.17) is 9.47 Å². The highest BCUT2D eigenvalue weighted by Gasteiger charge is 2.46. The van der Waals surface area contributed by atoms with E-state index in [1.165, 1.54) is 12.0 Å². The molecule has 1 saturated heterocycles. The lowest BCUT2D eigenvalue weighted by molar-refractivity contribution is -0.140. The summed E-state index contributed by atoms with van der Waals surface area (Å²) in [5.74, 6) is -1.17. The molecule has 170 valence electrons. The van der Waals surface area contributed by atoms with Crippen molar-refractivity contribution in [1.82, 2.24) is 4.90 Å². The molecule has 32 heavy (non-hydrogen) atoms. The van der Waals surface area contributed by atoms with Gasteiger partial charge in [-0.3, -0.25) is 9.59 Å². The summed E-state index contributed by atoms with van der Waals surface area (Å²) in [6, 6.07) is 12.4. The van der Waals surface area contributed by atoms with Crippen LogP contribution < -0.4 is 4.74 Å². The zero-order valence-corrected chi connectivity index (χ0v) is 19.6. The van der Waals surface area contributed by atoms with Crippen LogP contribution in [-0.4, -0.2) is 49.1 Å². The number of benzene rings is 2. The third-order valence-electron chi connectivity index (χ3n) is 5.75. The number of carbonyl (C=O) groups is 2. The molecule has 1 heterocycles. The second-order valence-electron chi connectivity index (χ2n) is 9.06. The summed E-state index contributed by atoms with van der Waals surface area (Å²) >= 11 is 0. The summed E-state index contributed by atoms with van der Waals surface area (Å²) < 4.78 is 10.6. The molecule has 0 aromatic heterocycles. The molecular weight excluding hydrogens is 406 g/mol. The van der Waals surface area contributed by atoms with Crippen LogP contribution in [0.15, 0.2) is 48.0 Å². The van der Waals surface area contributed by atoms with Crippen molar-refractivity contribution in [2.45, 2.75) is 39.2 Å². The van der Waals surface area contributed by atoms with E-state index in [2.05, 4.69) is 20.8 Å². The van der Waals surface area contributed by atoms with Crippen LogP contribution >= 0.6 is 0 Å². The van der Waals surface area contributed by atoms with Gasteiger partial charge >= 0.3 is 0 Å². The number of likely N-dealkylation sites (tertiary alicyclic amines) is 1. The van der Waals surface area contributed by atoms with E-state index in [-0.39, 0.29) is 29.9 Å². The number of aryl methyl sites for hydroxylation is 1. The van der Waals surface area contributed by atoms with Gasteiger partial charge in [-0.25, -0.2) is 0 Å². The van der Waals surface area contributed by atoms with Gasteiger partial charge in [0.15, 0.2) is 0 Å². The fraction of sp³-hybridized carbons (Fsp3) is 0.385. The van der Waals surface area contributed by atoms with Gasteiger partial charge in [-0.1, -0.05) is 56.7 Å². The SMILES string of the molecule is COCCN1C(=O)C(=O)/C(=C(/O)c2cc(C(C)(C)C)ccc2OC)C1c1cccc(C)c1. The lowest BCUT2D eigenvalue weighted by atomic mass is 9.85. The van der Waals surface area contributed by atoms with Gasteiger partial charge in [0.05, 0.1) is 30.9 Å². The van der Waals surface area contributed by atoms with Gasteiger partial charge < -0.3 is 19.5 Å². The van der Waals surface area contributed by atoms with Crippen molar-refractivity contribution in [3.05, 3.63) is 70.3 Å². The number of aliphatic hydroxyl groups excluding tert-OH is 1. The molecule has 3 rings (SSSR count). The lowest BCUT2D eigenvalue weighted by Gasteiger charge is -2.26. The molecule has 2 aromatic rings. The average molecular weight is 438 g/mol. The largest absolute Gasteiger partial charge is 0.507 e. The molecule has 1 N–H and O–H groups in total.